The number of rotatable bonds is 4. The molecular weight excluding hydrogens is 278 g/mol. The molecule has 1 aromatic carbocycles. The third kappa shape index (κ3) is 2.44. The van der Waals surface area contributed by atoms with E-state index in [-0.39, 0.29) is 6.61 Å². The number of para-hydroxylation sites is 1. The van der Waals surface area contributed by atoms with Gasteiger partial charge in [0.05, 0.1) is 12.1 Å². The molecule has 5 heteroatoms. The lowest BCUT2D eigenvalue weighted by atomic mass is 10.2. The van der Waals surface area contributed by atoms with Crippen molar-refractivity contribution in [2.45, 2.75) is 27.3 Å². The first-order valence-electron chi connectivity index (χ1n) is 7.29. The van der Waals surface area contributed by atoms with Gasteiger partial charge in [0, 0.05) is 12.2 Å². The van der Waals surface area contributed by atoms with Crippen LogP contribution in [0.3, 0.4) is 0 Å². The molecule has 3 rings (SSSR count). The van der Waals surface area contributed by atoms with Crippen molar-refractivity contribution < 1.29 is 9.84 Å². The van der Waals surface area contributed by atoms with Crippen molar-refractivity contribution in [1.82, 2.24) is 14.5 Å². The highest BCUT2D eigenvalue weighted by Gasteiger charge is 2.18. The standard InChI is InChI=1S/C17H19N3O2/c1-11-12(2)18-17(22-14-7-5-4-6-8-14)15-16(11)20(9-10-21)13(3)19-15/h4-8,21H,9-10H2,1-3H3. The predicted molar refractivity (Wildman–Crippen MR) is 85.3 cm³/mol. The van der Waals surface area contributed by atoms with E-state index in [9.17, 15) is 5.11 Å². The van der Waals surface area contributed by atoms with Gasteiger partial charge in [-0.3, -0.25) is 0 Å². The highest BCUT2D eigenvalue weighted by molar-refractivity contribution is 5.85. The average molecular weight is 297 g/mol. The second-order valence-electron chi connectivity index (χ2n) is 5.27. The van der Waals surface area contributed by atoms with Crippen molar-refractivity contribution in [1.29, 1.82) is 0 Å². The highest BCUT2D eigenvalue weighted by Crippen LogP contribution is 2.31. The van der Waals surface area contributed by atoms with Gasteiger partial charge >= 0.3 is 0 Å². The van der Waals surface area contributed by atoms with Crippen molar-refractivity contribution in [3.63, 3.8) is 0 Å². The van der Waals surface area contributed by atoms with Crippen LogP contribution in [0.2, 0.25) is 0 Å². The smallest absolute Gasteiger partial charge is 0.247 e. The van der Waals surface area contributed by atoms with E-state index in [4.69, 9.17) is 4.74 Å². The van der Waals surface area contributed by atoms with E-state index in [1.54, 1.807) is 0 Å². The van der Waals surface area contributed by atoms with Crippen LogP contribution in [0.15, 0.2) is 30.3 Å². The van der Waals surface area contributed by atoms with Crippen LogP contribution in [0.1, 0.15) is 17.1 Å². The molecule has 114 valence electrons. The molecule has 2 aromatic heterocycles. The normalized spacial score (nSPS) is 11.1. The minimum absolute atomic E-state index is 0.0714. The lowest BCUT2D eigenvalue weighted by Gasteiger charge is -2.11. The molecule has 1 N–H and O–H groups in total. The number of pyridine rings is 1. The largest absolute Gasteiger partial charge is 0.437 e. The molecule has 5 nitrogen and oxygen atoms in total. The van der Waals surface area contributed by atoms with Crippen molar-refractivity contribution in [2.24, 2.45) is 0 Å². The Kier molecular flexibility index (Phi) is 3.81. The molecule has 0 bridgehead atoms. The van der Waals surface area contributed by atoms with E-state index in [0.717, 1.165) is 33.9 Å². The van der Waals surface area contributed by atoms with Crippen molar-refractivity contribution in [2.75, 3.05) is 6.61 Å². The van der Waals surface area contributed by atoms with Gasteiger partial charge in [-0.2, -0.15) is 0 Å². The fraction of sp³-hybridized carbons (Fsp3) is 0.294. The van der Waals surface area contributed by atoms with Crippen LogP contribution in [-0.4, -0.2) is 26.2 Å². The Bertz CT molecular complexity index is 810. The first kappa shape index (κ1) is 14.5. The summed E-state index contributed by atoms with van der Waals surface area (Å²) in [7, 11) is 0. The van der Waals surface area contributed by atoms with E-state index in [1.165, 1.54) is 0 Å². The molecule has 3 aromatic rings. The second kappa shape index (κ2) is 5.77. The summed E-state index contributed by atoms with van der Waals surface area (Å²) in [6.07, 6.45) is 0. The van der Waals surface area contributed by atoms with Gasteiger partial charge in [-0.15, -0.1) is 0 Å². The van der Waals surface area contributed by atoms with Crippen LogP contribution in [0.4, 0.5) is 0 Å². The van der Waals surface area contributed by atoms with Crippen LogP contribution in [0.5, 0.6) is 11.6 Å². The summed E-state index contributed by atoms with van der Waals surface area (Å²) in [5.74, 6) is 2.08. The number of imidazole rings is 1. The summed E-state index contributed by atoms with van der Waals surface area (Å²) in [6.45, 7) is 6.49. The van der Waals surface area contributed by atoms with Crippen LogP contribution in [0.25, 0.3) is 11.0 Å². The molecule has 0 spiro atoms. The predicted octanol–water partition coefficient (Wildman–Crippen LogP) is 3.14. The minimum Gasteiger partial charge on any atom is -0.437 e. The molecule has 0 unspecified atom stereocenters. The van der Waals surface area contributed by atoms with Crippen LogP contribution in [-0.2, 0) is 6.54 Å². The third-order valence-corrected chi connectivity index (χ3v) is 3.81. The van der Waals surface area contributed by atoms with Gasteiger partial charge in [0.1, 0.15) is 11.6 Å². The monoisotopic (exact) mass is 297 g/mol. The quantitative estimate of drug-likeness (QED) is 0.803. The fourth-order valence-electron chi connectivity index (χ4n) is 2.60. The van der Waals surface area contributed by atoms with Crippen molar-refractivity contribution in [3.8, 4) is 11.6 Å². The number of ether oxygens (including phenoxy) is 1. The Labute approximate surface area is 129 Å². The lowest BCUT2D eigenvalue weighted by molar-refractivity contribution is 0.276. The van der Waals surface area contributed by atoms with Gasteiger partial charge in [0.15, 0.2) is 5.52 Å². The zero-order valence-electron chi connectivity index (χ0n) is 13.0. The van der Waals surface area contributed by atoms with Gasteiger partial charge in [-0.05, 0) is 38.5 Å². The van der Waals surface area contributed by atoms with Gasteiger partial charge in [0.2, 0.25) is 5.88 Å². The number of benzene rings is 1. The van der Waals surface area contributed by atoms with Gasteiger partial charge in [-0.25, -0.2) is 9.97 Å². The molecule has 2 heterocycles. The molecule has 0 saturated heterocycles. The van der Waals surface area contributed by atoms with Crippen molar-refractivity contribution >= 4 is 11.0 Å². The molecule has 22 heavy (non-hydrogen) atoms. The highest BCUT2D eigenvalue weighted by atomic mass is 16.5. The molecule has 0 saturated carbocycles. The van der Waals surface area contributed by atoms with Gasteiger partial charge < -0.3 is 14.4 Å². The van der Waals surface area contributed by atoms with Crippen molar-refractivity contribution in [3.05, 3.63) is 47.4 Å². The Hall–Kier alpha value is -2.40. The van der Waals surface area contributed by atoms with E-state index in [1.807, 2.05) is 55.7 Å². The van der Waals surface area contributed by atoms with Crippen LogP contribution >= 0.6 is 0 Å². The molecule has 0 aliphatic heterocycles. The summed E-state index contributed by atoms with van der Waals surface area (Å²) < 4.78 is 7.94. The minimum atomic E-state index is 0.0714. The summed E-state index contributed by atoms with van der Waals surface area (Å²) in [6, 6.07) is 9.56. The third-order valence-electron chi connectivity index (χ3n) is 3.81. The van der Waals surface area contributed by atoms with Gasteiger partial charge in [-0.1, -0.05) is 18.2 Å². The Morgan fingerprint density at radius 2 is 1.82 bits per heavy atom. The van der Waals surface area contributed by atoms with E-state index in [2.05, 4.69) is 9.97 Å². The fourth-order valence-corrected chi connectivity index (χ4v) is 2.60. The number of aryl methyl sites for hydroxylation is 3. The zero-order chi connectivity index (χ0) is 15.7. The summed E-state index contributed by atoms with van der Waals surface area (Å²) in [4.78, 5) is 9.14. The Balaban J connectivity index is 2.19. The molecule has 0 aliphatic carbocycles. The van der Waals surface area contributed by atoms with Gasteiger partial charge in [0.25, 0.3) is 0 Å². The number of aliphatic hydroxyl groups is 1. The number of fused-ring (bicyclic) bond motifs is 1. The molecule has 0 radical (unpaired) electrons. The molecule has 0 atom stereocenters. The average Bonchev–Trinajstić information content (AvgIpc) is 2.84. The first-order valence-corrected chi connectivity index (χ1v) is 7.29. The Morgan fingerprint density at radius 1 is 1.09 bits per heavy atom. The summed E-state index contributed by atoms with van der Waals surface area (Å²) in [5, 5.41) is 9.29. The first-order chi connectivity index (χ1) is 10.6. The molecular formula is C17H19N3O2. The number of aromatic nitrogens is 3. The summed E-state index contributed by atoms with van der Waals surface area (Å²) in [5.41, 5.74) is 3.67. The Morgan fingerprint density at radius 3 is 2.50 bits per heavy atom. The van der Waals surface area contributed by atoms with E-state index >= 15 is 0 Å². The SMILES string of the molecule is Cc1nc(Oc2ccccc2)c2nc(C)n(CCO)c2c1C. The second-order valence-corrected chi connectivity index (χ2v) is 5.27. The molecule has 0 fully saturated rings. The number of hydrogen-bond donors (Lipinski definition) is 1. The van der Waals surface area contributed by atoms with Crippen LogP contribution in [0, 0.1) is 20.8 Å². The maximum Gasteiger partial charge on any atom is 0.247 e. The van der Waals surface area contributed by atoms with E-state index in [0.29, 0.717) is 12.4 Å². The lowest BCUT2D eigenvalue weighted by Crippen LogP contribution is -2.05. The maximum absolute atomic E-state index is 9.29. The maximum atomic E-state index is 9.29. The number of nitrogens with zero attached hydrogens (tertiary/aromatic N) is 3. The summed E-state index contributed by atoms with van der Waals surface area (Å²) >= 11 is 0. The van der Waals surface area contributed by atoms with E-state index < -0.39 is 0 Å². The number of hydrogen-bond acceptors (Lipinski definition) is 4. The molecule has 0 amide bonds. The topological polar surface area (TPSA) is 60.2 Å². The van der Waals surface area contributed by atoms with Crippen LogP contribution < -0.4 is 4.74 Å². The number of aliphatic hydroxyl groups excluding tert-OH is 1. The molecule has 0 aliphatic rings. The zero-order valence-corrected chi connectivity index (χ0v) is 13.0.